The van der Waals surface area contributed by atoms with Crippen LogP contribution in [-0.4, -0.2) is 34.2 Å². The van der Waals surface area contributed by atoms with E-state index in [4.69, 9.17) is 15.2 Å². The number of carbonyl (C=O) groups is 2. The highest BCUT2D eigenvalue weighted by Crippen LogP contribution is 2.36. The van der Waals surface area contributed by atoms with Crippen molar-refractivity contribution < 1.29 is 29.3 Å². The van der Waals surface area contributed by atoms with Crippen LogP contribution in [0.15, 0.2) is 47.3 Å². The minimum absolute atomic E-state index is 0.132. The van der Waals surface area contributed by atoms with E-state index in [1.54, 1.807) is 0 Å². The lowest BCUT2D eigenvalue weighted by Crippen LogP contribution is -2.24. The van der Waals surface area contributed by atoms with Crippen molar-refractivity contribution in [2.24, 2.45) is 0 Å². The largest absolute Gasteiger partial charge is 0.493 e. The normalized spacial score (nSPS) is 10.5. The second-order valence-corrected chi connectivity index (χ2v) is 6.75. The first-order valence-corrected chi connectivity index (χ1v) is 9.12. The molecular weight excluding hydrogens is 404 g/mol. The Bertz CT molecular complexity index is 1230. The van der Waals surface area contributed by atoms with Gasteiger partial charge in [-0.15, -0.1) is 0 Å². The fraction of sp³-hybridized carbons (Fsp3) is 0.136. The van der Waals surface area contributed by atoms with Gasteiger partial charge in [-0.3, -0.25) is 4.79 Å². The number of hydrogen-bond donors (Lipinski definition) is 4. The third-order valence-corrected chi connectivity index (χ3v) is 4.60. The monoisotopic (exact) mass is 424 g/mol. The number of aromatic amines is 1. The number of nitrogen functional groups attached to an aromatic ring is 1. The number of anilines is 1. The Kier molecular flexibility index (Phi) is 5.96. The van der Waals surface area contributed by atoms with Crippen LogP contribution in [0.4, 0.5) is 5.82 Å². The third-order valence-electron chi connectivity index (χ3n) is 4.60. The average Bonchev–Trinajstić information content (AvgIpc) is 2.70. The molecule has 0 aliphatic carbocycles. The maximum Gasteiger partial charge on any atom is 0.342 e. The standard InChI is InChI=1S/C22H20N2O7/c1-11-4-3-5-12(8-11)10-31-15-9-13(6-7-14(15)30-2)16-17(21(26)27)19(23)24-20(25)18(16)22(28)29/h3-9H,10H2,1-2H3,(H,26,27)(H,28,29)(H3,23,24,25). The molecule has 9 nitrogen and oxygen atoms in total. The molecule has 1 heterocycles. The molecule has 0 aliphatic rings. The number of carboxylic acid groups (broad SMARTS) is 2. The van der Waals surface area contributed by atoms with E-state index in [1.807, 2.05) is 31.2 Å². The zero-order chi connectivity index (χ0) is 22.7. The van der Waals surface area contributed by atoms with Crippen molar-refractivity contribution in [3.8, 4) is 22.6 Å². The molecule has 0 amide bonds. The van der Waals surface area contributed by atoms with Gasteiger partial charge in [-0.1, -0.05) is 35.9 Å². The molecule has 0 spiro atoms. The number of nitrogens with one attached hydrogen (secondary N) is 1. The number of H-pyrrole nitrogens is 1. The molecule has 3 rings (SSSR count). The molecule has 0 radical (unpaired) electrons. The van der Waals surface area contributed by atoms with Crippen molar-refractivity contribution in [1.29, 1.82) is 0 Å². The topological polar surface area (TPSA) is 152 Å². The van der Waals surface area contributed by atoms with Gasteiger partial charge in [0.15, 0.2) is 11.5 Å². The molecule has 0 fully saturated rings. The lowest BCUT2D eigenvalue weighted by atomic mass is 9.95. The van der Waals surface area contributed by atoms with E-state index in [2.05, 4.69) is 4.98 Å². The number of aryl methyl sites for hydroxylation is 1. The smallest absolute Gasteiger partial charge is 0.342 e. The number of hydrogen-bond acceptors (Lipinski definition) is 6. The van der Waals surface area contributed by atoms with Crippen LogP contribution in [0, 0.1) is 6.92 Å². The van der Waals surface area contributed by atoms with E-state index in [-0.39, 0.29) is 23.5 Å². The number of rotatable bonds is 7. The Morgan fingerprint density at radius 3 is 2.35 bits per heavy atom. The predicted octanol–water partition coefficient (Wildman–Crippen LogP) is 2.92. The lowest BCUT2D eigenvalue weighted by Gasteiger charge is -2.15. The average molecular weight is 424 g/mol. The van der Waals surface area contributed by atoms with Crippen LogP contribution in [-0.2, 0) is 6.61 Å². The van der Waals surface area contributed by atoms with Gasteiger partial charge in [-0.25, -0.2) is 9.59 Å². The molecular formula is C22H20N2O7. The highest BCUT2D eigenvalue weighted by molar-refractivity contribution is 6.07. The summed E-state index contributed by atoms with van der Waals surface area (Å²) in [5.74, 6) is -2.92. The molecule has 0 bridgehead atoms. The minimum Gasteiger partial charge on any atom is -0.493 e. The van der Waals surface area contributed by atoms with Crippen LogP contribution in [0.2, 0.25) is 0 Å². The first kappa shape index (κ1) is 21.4. The van der Waals surface area contributed by atoms with Crippen LogP contribution < -0.4 is 20.8 Å². The van der Waals surface area contributed by atoms with E-state index in [0.717, 1.165) is 11.1 Å². The van der Waals surface area contributed by atoms with Gasteiger partial charge in [-0.2, -0.15) is 0 Å². The molecule has 0 saturated carbocycles. The van der Waals surface area contributed by atoms with Crippen molar-refractivity contribution >= 4 is 17.8 Å². The molecule has 1 aromatic heterocycles. The molecule has 160 valence electrons. The number of pyridine rings is 1. The van der Waals surface area contributed by atoms with Gasteiger partial charge in [0.05, 0.1) is 7.11 Å². The van der Waals surface area contributed by atoms with E-state index >= 15 is 0 Å². The fourth-order valence-electron chi connectivity index (χ4n) is 3.24. The number of aromatic nitrogens is 1. The van der Waals surface area contributed by atoms with Crippen LogP contribution in [0.3, 0.4) is 0 Å². The van der Waals surface area contributed by atoms with Crippen LogP contribution in [0.25, 0.3) is 11.1 Å². The van der Waals surface area contributed by atoms with E-state index in [1.165, 1.54) is 25.3 Å². The number of nitrogens with two attached hydrogens (primary N) is 1. The molecule has 9 heteroatoms. The first-order chi connectivity index (χ1) is 14.7. The predicted molar refractivity (Wildman–Crippen MR) is 113 cm³/mol. The van der Waals surface area contributed by atoms with Gasteiger partial charge < -0.3 is 30.4 Å². The highest BCUT2D eigenvalue weighted by Gasteiger charge is 2.27. The third kappa shape index (κ3) is 4.35. The maximum absolute atomic E-state index is 12.2. The van der Waals surface area contributed by atoms with Crippen molar-refractivity contribution in [2.75, 3.05) is 12.8 Å². The summed E-state index contributed by atoms with van der Waals surface area (Å²) in [6, 6.07) is 12.0. The maximum atomic E-state index is 12.2. The van der Waals surface area contributed by atoms with Gasteiger partial charge in [-0.05, 0) is 30.2 Å². The lowest BCUT2D eigenvalue weighted by molar-refractivity contribution is 0.0695. The Balaban J connectivity index is 2.16. The van der Waals surface area contributed by atoms with Crippen LogP contribution in [0.1, 0.15) is 31.8 Å². The summed E-state index contributed by atoms with van der Waals surface area (Å²) in [4.78, 5) is 37.9. The molecule has 2 aromatic carbocycles. The van der Waals surface area contributed by atoms with Crippen LogP contribution >= 0.6 is 0 Å². The number of carboxylic acids is 2. The van der Waals surface area contributed by atoms with Gasteiger partial charge in [0.25, 0.3) is 5.56 Å². The van der Waals surface area contributed by atoms with Crippen molar-refractivity contribution in [3.05, 3.63) is 75.1 Å². The second-order valence-electron chi connectivity index (χ2n) is 6.75. The van der Waals surface area contributed by atoms with Crippen molar-refractivity contribution in [3.63, 3.8) is 0 Å². The zero-order valence-corrected chi connectivity index (χ0v) is 16.8. The Labute approximate surface area is 176 Å². The quantitative estimate of drug-likeness (QED) is 0.452. The molecule has 0 aliphatic heterocycles. The summed E-state index contributed by atoms with van der Waals surface area (Å²) < 4.78 is 11.2. The van der Waals surface area contributed by atoms with E-state index in [9.17, 15) is 24.6 Å². The molecule has 0 saturated heterocycles. The minimum atomic E-state index is -1.59. The number of aromatic carboxylic acids is 2. The van der Waals surface area contributed by atoms with E-state index in [0.29, 0.717) is 5.75 Å². The highest BCUT2D eigenvalue weighted by atomic mass is 16.5. The first-order valence-electron chi connectivity index (χ1n) is 9.12. The number of benzene rings is 2. The summed E-state index contributed by atoms with van der Waals surface area (Å²) in [5.41, 5.74) is 5.18. The van der Waals surface area contributed by atoms with Gasteiger partial charge in [0.2, 0.25) is 0 Å². The summed E-state index contributed by atoms with van der Waals surface area (Å²) in [6.07, 6.45) is 0. The van der Waals surface area contributed by atoms with Gasteiger partial charge in [0.1, 0.15) is 23.6 Å². The fourth-order valence-corrected chi connectivity index (χ4v) is 3.24. The molecule has 31 heavy (non-hydrogen) atoms. The second kappa shape index (κ2) is 8.62. The van der Waals surface area contributed by atoms with E-state index < -0.39 is 34.4 Å². The molecule has 0 unspecified atom stereocenters. The van der Waals surface area contributed by atoms with Crippen molar-refractivity contribution in [1.82, 2.24) is 4.98 Å². The van der Waals surface area contributed by atoms with Crippen LogP contribution in [0.5, 0.6) is 11.5 Å². The molecule has 5 N–H and O–H groups in total. The Morgan fingerprint density at radius 1 is 1.03 bits per heavy atom. The van der Waals surface area contributed by atoms with Gasteiger partial charge in [0, 0.05) is 5.56 Å². The molecule has 0 atom stereocenters. The Morgan fingerprint density at radius 2 is 1.74 bits per heavy atom. The number of ether oxygens (including phenoxy) is 2. The SMILES string of the molecule is COc1ccc(-c2c(C(=O)O)c(N)[nH]c(=O)c2C(=O)O)cc1OCc1cccc(C)c1. The summed E-state index contributed by atoms with van der Waals surface area (Å²) in [6.45, 7) is 2.14. The summed E-state index contributed by atoms with van der Waals surface area (Å²) in [7, 11) is 1.44. The van der Waals surface area contributed by atoms with Crippen molar-refractivity contribution in [2.45, 2.75) is 13.5 Å². The molecule has 3 aromatic rings. The number of methoxy groups -OCH3 is 1. The summed E-state index contributed by atoms with van der Waals surface area (Å²) >= 11 is 0. The Hall–Kier alpha value is -4.27. The van der Waals surface area contributed by atoms with Gasteiger partial charge >= 0.3 is 11.9 Å². The zero-order valence-electron chi connectivity index (χ0n) is 16.8. The summed E-state index contributed by atoms with van der Waals surface area (Å²) in [5, 5.41) is 19.1.